The lowest BCUT2D eigenvalue weighted by Crippen LogP contribution is -2.51. The topological polar surface area (TPSA) is 71.7 Å². The van der Waals surface area contributed by atoms with Gasteiger partial charge in [-0.1, -0.05) is 35.5 Å². The monoisotopic (exact) mass is 434 g/mol. The van der Waals surface area contributed by atoms with Crippen LogP contribution < -0.4 is 0 Å². The molecule has 2 aliphatic rings. The van der Waals surface area contributed by atoms with Crippen LogP contribution in [0.5, 0.6) is 0 Å². The van der Waals surface area contributed by atoms with Crippen molar-refractivity contribution >= 4 is 17.0 Å². The van der Waals surface area contributed by atoms with E-state index in [0.717, 1.165) is 50.3 Å². The number of hydrogen-bond donors (Lipinski definition) is 0. The summed E-state index contributed by atoms with van der Waals surface area (Å²) in [5.41, 5.74) is 3.42. The van der Waals surface area contributed by atoms with Gasteiger partial charge < -0.3 is 14.2 Å². The minimum Gasteiger partial charge on any atom is -0.373 e. The Morgan fingerprint density at radius 2 is 1.91 bits per heavy atom. The number of carbonyl (C=O) groups excluding carboxylic acids is 1. The van der Waals surface area contributed by atoms with E-state index in [9.17, 15) is 4.79 Å². The highest BCUT2D eigenvalue weighted by Crippen LogP contribution is 2.30. The second-order valence-electron chi connectivity index (χ2n) is 9.14. The van der Waals surface area contributed by atoms with Crippen molar-refractivity contribution in [3.05, 3.63) is 47.7 Å². The minimum atomic E-state index is 0.0396. The Morgan fingerprint density at radius 1 is 1.16 bits per heavy atom. The van der Waals surface area contributed by atoms with Crippen LogP contribution in [0.3, 0.4) is 0 Å². The molecule has 2 aromatic heterocycles. The maximum Gasteiger partial charge on any atom is 0.259 e. The summed E-state index contributed by atoms with van der Waals surface area (Å²) in [4.78, 5) is 23.0. The number of ether oxygens (including phenoxy) is 1. The van der Waals surface area contributed by atoms with E-state index in [-0.39, 0.29) is 24.2 Å². The normalized spacial score (nSPS) is 24.3. The Bertz CT molecular complexity index is 1100. The van der Waals surface area contributed by atoms with Crippen LogP contribution in [-0.4, -0.2) is 70.3 Å². The van der Waals surface area contributed by atoms with Gasteiger partial charge in [0.15, 0.2) is 0 Å². The van der Waals surface area contributed by atoms with E-state index >= 15 is 0 Å². The number of hydrogen-bond acceptors (Lipinski definition) is 6. The standard InChI is InChI=1S/C25H30N4O3/c1-16-13-28(14-17(2)31-16)15-20-10-7-11-29(20)25(30)21-12-22(19-8-5-4-6-9-19)26-24-23(21)18(3)27-32-24/h4-6,8-9,12,16-17,20H,7,10-11,13-15H2,1-3H3. The lowest BCUT2D eigenvalue weighted by molar-refractivity contribution is -0.0715. The predicted octanol–water partition coefficient (Wildman–Crippen LogP) is 3.91. The van der Waals surface area contributed by atoms with Crippen molar-refractivity contribution in [2.45, 2.75) is 51.9 Å². The molecule has 3 aromatic rings. The highest BCUT2D eigenvalue weighted by molar-refractivity contribution is 6.07. The first-order valence-corrected chi connectivity index (χ1v) is 11.5. The van der Waals surface area contributed by atoms with E-state index in [1.54, 1.807) is 0 Å². The first kappa shape index (κ1) is 21.1. The SMILES string of the molecule is Cc1noc2nc(-c3ccccc3)cc(C(=O)N3CCCC3CN3CC(C)OC(C)C3)c12. The maximum atomic E-state index is 13.9. The van der Waals surface area contributed by atoms with Gasteiger partial charge in [0.2, 0.25) is 0 Å². The number of benzene rings is 1. The molecule has 0 N–H and O–H groups in total. The number of amides is 1. The number of rotatable bonds is 4. The fraction of sp³-hybridized carbons (Fsp3) is 0.480. The van der Waals surface area contributed by atoms with Gasteiger partial charge in [0.05, 0.1) is 34.5 Å². The number of morpholine rings is 1. The molecule has 0 spiro atoms. The number of aryl methyl sites for hydroxylation is 1. The van der Waals surface area contributed by atoms with Gasteiger partial charge >= 0.3 is 0 Å². The summed E-state index contributed by atoms with van der Waals surface area (Å²) in [7, 11) is 0. The average Bonchev–Trinajstić information content (AvgIpc) is 3.39. The molecule has 0 radical (unpaired) electrons. The Balaban J connectivity index is 1.46. The molecule has 4 heterocycles. The van der Waals surface area contributed by atoms with Crippen LogP contribution in [0.25, 0.3) is 22.4 Å². The van der Waals surface area contributed by atoms with Crippen molar-refractivity contribution in [2.75, 3.05) is 26.2 Å². The van der Waals surface area contributed by atoms with E-state index < -0.39 is 0 Å². The summed E-state index contributed by atoms with van der Waals surface area (Å²) in [6.07, 6.45) is 2.48. The highest BCUT2D eigenvalue weighted by atomic mass is 16.5. The Labute approximate surface area is 188 Å². The zero-order chi connectivity index (χ0) is 22.2. The predicted molar refractivity (Wildman–Crippen MR) is 122 cm³/mol. The fourth-order valence-electron chi connectivity index (χ4n) is 5.20. The van der Waals surface area contributed by atoms with E-state index in [1.807, 2.05) is 48.2 Å². The molecule has 3 atom stereocenters. The fourth-order valence-corrected chi connectivity index (χ4v) is 5.20. The molecule has 0 aliphatic carbocycles. The summed E-state index contributed by atoms with van der Waals surface area (Å²) >= 11 is 0. The Morgan fingerprint density at radius 3 is 2.66 bits per heavy atom. The number of nitrogens with zero attached hydrogens (tertiary/aromatic N) is 4. The smallest absolute Gasteiger partial charge is 0.259 e. The average molecular weight is 435 g/mol. The van der Waals surface area contributed by atoms with Gasteiger partial charge in [-0.3, -0.25) is 9.69 Å². The molecule has 7 heteroatoms. The minimum absolute atomic E-state index is 0.0396. The lowest BCUT2D eigenvalue weighted by atomic mass is 10.0. The van der Waals surface area contributed by atoms with Crippen molar-refractivity contribution in [3.63, 3.8) is 0 Å². The lowest BCUT2D eigenvalue weighted by Gasteiger charge is -2.38. The van der Waals surface area contributed by atoms with E-state index in [4.69, 9.17) is 9.26 Å². The number of fused-ring (bicyclic) bond motifs is 1. The summed E-state index contributed by atoms with van der Waals surface area (Å²) in [5, 5.41) is 4.82. The molecule has 7 nitrogen and oxygen atoms in total. The molecule has 0 saturated carbocycles. The molecule has 1 amide bonds. The van der Waals surface area contributed by atoms with E-state index in [1.165, 1.54) is 0 Å². The zero-order valence-electron chi connectivity index (χ0n) is 19.0. The number of carbonyl (C=O) groups is 1. The van der Waals surface area contributed by atoms with Crippen LogP contribution in [0, 0.1) is 6.92 Å². The van der Waals surface area contributed by atoms with Crippen LogP contribution >= 0.6 is 0 Å². The summed E-state index contributed by atoms with van der Waals surface area (Å²) in [5.74, 6) is 0.0396. The maximum absolute atomic E-state index is 13.9. The molecule has 2 fully saturated rings. The van der Waals surface area contributed by atoms with Crippen molar-refractivity contribution in [2.24, 2.45) is 0 Å². The van der Waals surface area contributed by atoms with Crippen LogP contribution in [0.4, 0.5) is 0 Å². The van der Waals surface area contributed by atoms with Crippen molar-refractivity contribution in [1.82, 2.24) is 19.9 Å². The third-order valence-corrected chi connectivity index (χ3v) is 6.52. The van der Waals surface area contributed by atoms with E-state index in [2.05, 4.69) is 28.9 Å². The van der Waals surface area contributed by atoms with E-state index in [0.29, 0.717) is 22.4 Å². The Kier molecular flexibility index (Phi) is 5.69. The van der Waals surface area contributed by atoms with Gasteiger partial charge in [-0.15, -0.1) is 0 Å². The highest BCUT2D eigenvalue weighted by Gasteiger charge is 2.34. The van der Waals surface area contributed by atoms with Gasteiger partial charge in [0.25, 0.3) is 11.6 Å². The molecule has 5 rings (SSSR count). The number of pyridine rings is 1. The van der Waals surface area contributed by atoms with Crippen LogP contribution in [-0.2, 0) is 4.74 Å². The molecule has 168 valence electrons. The first-order valence-electron chi connectivity index (χ1n) is 11.5. The summed E-state index contributed by atoms with van der Waals surface area (Å²) in [6.45, 7) is 9.57. The summed E-state index contributed by atoms with van der Waals surface area (Å²) < 4.78 is 11.4. The zero-order valence-corrected chi connectivity index (χ0v) is 19.0. The van der Waals surface area contributed by atoms with Crippen molar-refractivity contribution in [1.29, 1.82) is 0 Å². The van der Waals surface area contributed by atoms with Crippen molar-refractivity contribution < 1.29 is 14.1 Å². The van der Waals surface area contributed by atoms with Gasteiger partial charge in [0, 0.05) is 37.8 Å². The van der Waals surface area contributed by atoms with Gasteiger partial charge in [-0.25, -0.2) is 4.98 Å². The number of aromatic nitrogens is 2. The van der Waals surface area contributed by atoms with Crippen LogP contribution in [0.1, 0.15) is 42.7 Å². The molecule has 2 aliphatic heterocycles. The first-order chi connectivity index (χ1) is 15.5. The molecular formula is C25H30N4O3. The molecule has 2 saturated heterocycles. The molecule has 3 unspecified atom stereocenters. The third kappa shape index (κ3) is 4.02. The third-order valence-electron chi connectivity index (χ3n) is 6.52. The molecular weight excluding hydrogens is 404 g/mol. The second-order valence-corrected chi connectivity index (χ2v) is 9.14. The molecule has 0 bridgehead atoms. The quantitative estimate of drug-likeness (QED) is 0.620. The largest absolute Gasteiger partial charge is 0.373 e. The Hall–Kier alpha value is -2.77. The molecule has 32 heavy (non-hydrogen) atoms. The van der Waals surface area contributed by atoms with Crippen LogP contribution in [0.2, 0.25) is 0 Å². The second kappa shape index (κ2) is 8.64. The van der Waals surface area contributed by atoms with Gasteiger partial charge in [-0.05, 0) is 39.7 Å². The van der Waals surface area contributed by atoms with Crippen LogP contribution in [0.15, 0.2) is 40.9 Å². The van der Waals surface area contributed by atoms with Gasteiger partial charge in [-0.2, -0.15) is 0 Å². The number of likely N-dealkylation sites (tertiary alicyclic amines) is 1. The van der Waals surface area contributed by atoms with Gasteiger partial charge in [0.1, 0.15) is 0 Å². The van der Waals surface area contributed by atoms with Crippen molar-refractivity contribution in [3.8, 4) is 11.3 Å². The summed E-state index contributed by atoms with van der Waals surface area (Å²) in [6, 6.07) is 12.0. The molecule has 1 aromatic carbocycles.